The van der Waals surface area contributed by atoms with Gasteiger partial charge in [0.25, 0.3) is 0 Å². The van der Waals surface area contributed by atoms with Crippen molar-refractivity contribution < 1.29 is 14.6 Å². The zero-order chi connectivity index (χ0) is 16.9. The van der Waals surface area contributed by atoms with Crippen molar-refractivity contribution in [2.75, 3.05) is 13.7 Å². The first kappa shape index (κ1) is 17.1. The first-order valence-electron chi connectivity index (χ1n) is 7.02. The van der Waals surface area contributed by atoms with Crippen LogP contribution in [0.15, 0.2) is 33.2 Å². The molecule has 0 aromatic carbocycles. The molecule has 0 radical (unpaired) electrons. The highest BCUT2D eigenvalue weighted by Crippen LogP contribution is 2.33. The first-order chi connectivity index (χ1) is 11.7. The Morgan fingerprint density at radius 3 is 3.00 bits per heavy atom. The van der Waals surface area contributed by atoms with Gasteiger partial charge in [0.05, 0.1) is 11.1 Å². The maximum atomic E-state index is 11.0. The van der Waals surface area contributed by atoms with E-state index in [1.807, 2.05) is 22.1 Å². The van der Waals surface area contributed by atoms with Crippen LogP contribution in [0.3, 0.4) is 0 Å². The van der Waals surface area contributed by atoms with Crippen LogP contribution in [0.2, 0.25) is 0 Å². The second kappa shape index (κ2) is 7.88. The van der Waals surface area contributed by atoms with Crippen LogP contribution in [0, 0.1) is 0 Å². The summed E-state index contributed by atoms with van der Waals surface area (Å²) in [7, 11) is 1.67. The maximum absolute atomic E-state index is 11.0. The largest absolute Gasteiger partial charge is 0.477 e. The Hall–Kier alpha value is -1.75. The maximum Gasteiger partial charge on any atom is 0.347 e. The minimum absolute atomic E-state index is 0.210. The van der Waals surface area contributed by atoms with E-state index in [4.69, 9.17) is 9.84 Å². The van der Waals surface area contributed by atoms with E-state index in [1.165, 1.54) is 18.0 Å². The van der Waals surface area contributed by atoms with Gasteiger partial charge in [0.2, 0.25) is 0 Å². The van der Waals surface area contributed by atoms with Gasteiger partial charge in [-0.15, -0.1) is 32.9 Å². The average Bonchev–Trinajstić information content (AvgIpc) is 3.28. The van der Waals surface area contributed by atoms with Gasteiger partial charge in [0, 0.05) is 20.3 Å². The number of hydrogen-bond donors (Lipinski definition) is 1. The third kappa shape index (κ3) is 3.83. The van der Waals surface area contributed by atoms with Gasteiger partial charge in [-0.3, -0.25) is 0 Å². The quantitative estimate of drug-likeness (QED) is 0.598. The van der Waals surface area contributed by atoms with Crippen molar-refractivity contribution in [3.63, 3.8) is 0 Å². The van der Waals surface area contributed by atoms with Crippen molar-refractivity contribution >= 4 is 40.4 Å². The zero-order valence-electron chi connectivity index (χ0n) is 12.7. The van der Waals surface area contributed by atoms with Crippen molar-refractivity contribution in [2.45, 2.75) is 22.5 Å². The molecule has 126 valence electrons. The van der Waals surface area contributed by atoms with Gasteiger partial charge in [-0.1, -0.05) is 6.07 Å². The summed E-state index contributed by atoms with van der Waals surface area (Å²) >= 11 is 4.06. The first-order valence-corrected chi connectivity index (χ1v) is 9.53. The topological polar surface area (TPSA) is 90.1 Å². The Bertz CT molecular complexity index is 813. The zero-order valence-corrected chi connectivity index (χ0v) is 15.2. The Balaban J connectivity index is 1.87. The van der Waals surface area contributed by atoms with Crippen molar-refractivity contribution in [1.82, 2.24) is 19.7 Å². The van der Waals surface area contributed by atoms with E-state index < -0.39 is 5.97 Å². The molecule has 0 aliphatic carbocycles. The predicted octanol–water partition coefficient (Wildman–Crippen LogP) is 3.35. The molecule has 0 fully saturated rings. The monoisotopic (exact) mass is 382 g/mol. The van der Waals surface area contributed by atoms with E-state index in [0.29, 0.717) is 22.6 Å². The second-order valence-electron chi connectivity index (χ2n) is 4.68. The molecule has 3 aromatic heterocycles. The minimum atomic E-state index is -0.972. The number of methoxy groups -OCH3 is 1. The van der Waals surface area contributed by atoms with Gasteiger partial charge in [0.1, 0.15) is 4.88 Å². The Kier molecular flexibility index (Phi) is 5.61. The molecule has 0 atom stereocenters. The fraction of sp³-hybridized carbons (Fsp3) is 0.286. The van der Waals surface area contributed by atoms with Crippen LogP contribution in [-0.4, -0.2) is 44.5 Å². The number of nitrogens with zero attached hydrogens (tertiary/aromatic N) is 4. The van der Waals surface area contributed by atoms with Crippen LogP contribution in [0.5, 0.6) is 0 Å². The van der Waals surface area contributed by atoms with Crippen molar-refractivity contribution in [1.29, 1.82) is 0 Å². The molecule has 0 aliphatic heterocycles. The molecule has 0 aliphatic rings. The Morgan fingerprint density at radius 2 is 2.33 bits per heavy atom. The molecule has 10 heteroatoms. The molecular weight excluding hydrogens is 368 g/mol. The van der Waals surface area contributed by atoms with Gasteiger partial charge < -0.3 is 14.4 Å². The molecule has 0 bridgehead atoms. The summed E-state index contributed by atoms with van der Waals surface area (Å²) in [4.78, 5) is 16.4. The van der Waals surface area contributed by atoms with E-state index in [-0.39, 0.29) is 4.88 Å². The van der Waals surface area contributed by atoms with Gasteiger partial charge in [0.15, 0.2) is 15.3 Å². The number of aromatic nitrogens is 4. The third-order valence-corrected chi connectivity index (χ3v) is 5.97. The fourth-order valence-electron chi connectivity index (χ4n) is 2.00. The molecule has 3 rings (SSSR count). The van der Waals surface area contributed by atoms with Crippen LogP contribution in [0.1, 0.15) is 16.1 Å². The highest BCUT2D eigenvalue weighted by Gasteiger charge is 2.18. The van der Waals surface area contributed by atoms with Gasteiger partial charge >= 0.3 is 5.97 Å². The van der Waals surface area contributed by atoms with E-state index in [9.17, 15) is 4.79 Å². The number of carbonyl (C=O) groups is 1. The molecule has 3 heterocycles. The van der Waals surface area contributed by atoms with E-state index in [0.717, 1.165) is 28.5 Å². The lowest BCUT2D eigenvalue weighted by molar-refractivity contribution is 0.0702. The van der Waals surface area contributed by atoms with Crippen molar-refractivity contribution in [3.05, 3.63) is 28.6 Å². The average molecular weight is 382 g/mol. The second-order valence-corrected chi connectivity index (χ2v) is 7.87. The molecule has 0 unspecified atom stereocenters. The number of aromatic carboxylic acids is 1. The van der Waals surface area contributed by atoms with Crippen LogP contribution < -0.4 is 0 Å². The Morgan fingerprint density at radius 1 is 1.46 bits per heavy atom. The molecule has 24 heavy (non-hydrogen) atoms. The van der Waals surface area contributed by atoms with Crippen LogP contribution in [-0.2, 0) is 11.3 Å². The Labute approximate surface area is 150 Å². The summed E-state index contributed by atoms with van der Waals surface area (Å²) in [5, 5.41) is 20.3. The number of thiophene rings is 1. The van der Waals surface area contributed by atoms with Crippen LogP contribution in [0.25, 0.3) is 10.7 Å². The summed E-state index contributed by atoms with van der Waals surface area (Å²) in [6, 6.07) is 3.98. The lowest BCUT2D eigenvalue weighted by atomic mass is 10.4. The summed E-state index contributed by atoms with van der Waals surface area (Å²) < 4.78 is 7.78. The van der Waals surface area contributed by atoms with E-state index in [2.05, 4.69) is 15.2 Å². The van der Waals surface area contributed by atoms with Gasteiger partial charge in [-0.25, -0.2) is 9.78 Å². The lowest BCUT2D eigenvalue weighted by Crippen LogP contribution is -2.04. The van der Waals surface area contributed by atoms with Gasteiger partial charge in [-0.05, 0) is 29.6 Å². The summed E-state index contributed by atoms with van der Waals surface area (Å²) in [5.74, 6) is -0.168. The standard InChI is InChI=1S/C14H14N4O3S3/c1-21-6-3-5-18-11(9-4-2-7-22-9)16-17-13(18)24-14-15-8-10(23-14)12(19)20/h2,4,7-8H,3,5-6H2,1H3,(H,19,20). The number of thiazole rings is 1. The normalized spacial score (nSPS) is 11.0. The molecule has 3 aromatic rings. The minimum Gasteiger partial charge on any atom is -0.477 e. The highest BCUT2D eigenvalue weighted by atomic mass is 32.2. The molecule has 0 saturated heterocycles. The summed E-state index contributed by atoms with van der Waals surface area (Å²) in [6.07, 6.45) is 2.19. The number of hydrogen-bond acceptors (Lipinski definition) is 8. The van der Waals surface area contributed by atoms with Crippen LogP contribution in [0.4, 0.5) is 0 Å². The molecule has 0 saturated carbocycles. The summed E-state index contributed by atoms with van der Waals surface area (Å²) in [6.45, 7) is 1.36. The van der Waals surface area contributed by atoms with Crippen molar-refractivity contribution in [2.24, 2.45) is 0 Å². The smallest absolute Gasteiger partial charge is 0.347 e. The third-order valence-electron chi connectivity index (χ3n) is 3.06. The highest BCUT2D eigenvalue weighted by molar-refractivity contribution is 8.00. The number of rotatable bonds is 8. The number of carboxylic acid groups (broad SMARTS) is 1. The SMILES string of the molecule is COCCCn1c(Sc2ncc(C(=O)O)s2)nnc1-c1cccs1. The van der Waals surface area contributed by atoms with Gasteiger partial charge in [-0.2, -0.15) is 0 Å². The molecule has 1 N–H and O–H groups in total. The van der Waals surface area contributed by atoms with E-state index >= 15 is 0 Å². The van der Waals surface area contributed by atoms with Crippen molar-refractivity contribution in [3.8, 4) is 10.7 Å². The summed E-state index contributed by atoms with van der Waals surface area (Å²) in [5.41, 5.74) is 0. The molecule has 0 spiro atoms. The van der Waals surface area contributed by atoms with E-state index in [1.54, 1.807) is 18.4 Å². The lowest BCUT2D eigenvalue weighted by Gasteiger charge is -2.08. The number of carboxylic acids is 1. The fourth-order valence-corrected chi connectivity index (χ4v) is 4.50. The number of ether oxygens (including phenoxy) is 1. The molecule has 7 nitrogen and oxygen atoms in total. The molecule has 0 amide bonds. The van der Waals surface area contributed by atoms with Crippen LogP contribution >= 0.6 is 34.4 Å². The molecular formula is C14H14N4O3S3. The predicted molar refractivity (Wildman–Crippen MR) is 93.0 cm³/mol.